The van der Waals surface area contributed by atoms with E-state index in [2.05, 4.69) is 23.0 Å². The summed E-state index contributed by atoms with van der Waals surface area (Å²) in [7, 11) is 2.07. The molecule has 0 amide bonds. The molecule has 0 bridgehead atoms. The molecule has 3 rings (SSSR count). The monoisotopic (exact) mass is 301 g/mol. The van der Waals surface area contributed by atoms with Crippen LogP contribution in [0.1, 0.15) is 18.5 Å². The second-order valence-electron chi connectivity index (χ2n) is 5.54. The molecular weight excluding hydrogens is 286 g/mol. The molecule has 2 aromatic rings. The molecule has 108 valence electrons. The minimum absolute atomic E-state index is 0.527. The lowest BCUT2D eigenvalue weighted by Crippen LogP contribution is -2.40. The lowest BCUT2D eigenvalue weighted by molar-refractivity contribution is 0.219. The van der Waals surface area contributed by atoms with Crippen LogP contribution in [0.25, 0.3) is 11.5 Å². The SMILES string of the molecule is CN1CCC(C#N)(c2coc(-c3ccc(Cl)cc3)n2)CC1. The molecular formula is C16H16ClN3O. The quantitative estimate of drug-likeness (QED) is 0.852. The molecule has 1 aliphatic rings. The maximum atomic E-state index is 9.63. The summed E-state index contributed by atoms with van der Waals surface area (Å²) in [6.07, 6.45) is 3.19. The largest absolute Gasteiger partial charge is 0.444 e. The molecule has 0 N–H and O–H groups in total. The van der Waals surface area contributed by atoms with E-state index >= 15 is 0 Å². The fraction of sp³-hybridized carbons (Fsp3) is 0.375. The van der Waals surface area contributed by atoms with Crippen LogP contribution in [0.5, 0.6) is 0 Å². The molecule has 0 aliphatic carbocycles. The zero-order chi connectivity index (χ0) is 14.9. The van der Waals surface area contributed by atoms with E-state index in [-0.39, 0.29) is 0 Å². The summed E-state index contributed by atoms with van der Waals surface area (Å²) in [6.45, 7) is 1.80. The molecule has 1 aliphatic heterocycles. The van der Waals surface area contributed by atoms with Gasteiger partial charge in [0, 0.05) is 10.6 Å². The number of benzene rings is 1. The fourth-order valence-corrected chi connectivity index (χ4v) is 2.77. The van der Waals surface area contributed by atoms with Crippen molar-refractivity contribution in [3.8, 4) is 17.5 Å². The maximum absolute atomic E-state index is 9.63. The lowest BCUT2D eigenvalue weighted by atomic mass is 9.77. The molecule has 0 atom stereocenters. The standard InChI is InChI=1S/C16H16ClN3O/c1-20-8-6-16(11-18,7-9-20)14-10-21-15(19-14)12-2-4-13(17)5-3-12/h2-5,10H,6-9H2,1H3. The van der Waals surface area contributed by atoms with Crippen LogP contribution in [0.2, 0.25) is 5.02 Å². The molecule has 0 radical (unpaired) electrons. The van der Waals surface area contributed by atoms with E-state index in [0.29, 0.717) is 10.9 Å². The first kappa shape index (κ1) is 14.1. The third-order valence-electron chi connectivity index (χ3n) is 4.14. The number of aromatic nitrogens is 1. The van der Waals surface area contributed by atoms with Crippen LogP contribution < -0.4 is 0 Å². The number of likely N-dealkylation sites (tertiary alicyclic amines) is 1. The second-order valence-corrected chi connectivity index (χ2v) is 5.98. The van der Waals surface area contributed by atoms with E-state index in [1.54, 1.807) is 18.4 Å². The van der Waals surface area contributed by atoms with Crippen LogP contribution >= 0.6 is 11.6 Å². The van der Waals surface area contributed by atoms with E-state index in [0.717, 1.165) is 37.2 Å². The van der Waals surface area contributed by atoms with Crippen LogP contribution in [0.4, 0.5) is 0 Å². The number of oxazole rings is 1. The molecule has 0 saturated carbocycles. The minimum atomic E-state index is -0.527. The van der Waals surface area contributed by atoms with Gasteiger partial charge in [-0.15, -0.1) is 0 Å². The summed E-state index contributed by atoms with van der Waals surface area (Å²) >= 11 is 5.89. The van der Waals surface area contributed by atoms with Gasteiger partial charge in [0.1, 0.15) is 11.7 Å². The Labute approximate surface area is 129 Å². The summed E-state index contributed by atoms with van der Waals surface area (Å²) in [5, 5.41) is 10.3. The first-order valence-electron chi connectivity index (χ1n) is 6.95. The molecule has 1 saturated heterocycles. The van der Waals surface area contributed by atoms with Crippen molar-refractivity contribution in [2.24, 2.45) is 0 Å². The number of nitriles is 1. The van der Waals surface area contributed by atoms with Crippen molar-refractivity contribution in [3.05, 3.63) is 41.2 Å². The van der Waals surface area contributed by atoms with E-state index < -0.39 is 5.41 Å². The summed E-state index contributed by atoms with van der Waals surface area (Å²) in [5.74, 6) is 0.537. The Hall–Kier alpha value is -1.83. The van der Waals surface area contributed by atoms with Crippen molar-refractivity contribution < 1.29 is 4.42 Å². The zero-order valence-corrected chi connectivity index (χ0v) is 12.6. The number of piperidine rings is 1. The third kappa shape index (κ3) is 2.67. The average molecular weight is 302 g/mol. The average Bonchev–Trinajstić information content (AvgIpc) is 3.00. The van der Waals surface area contributed by atoms with Gasteiger partial charge in [-0.1, -0.05) is 11.6 Å². The predicted octanol–water partition coefficient (Wildman–Crippen LogP) is 3.48. The van der Waals surface area contributed by atoms with Gasteiger partial charge in [-0.3, -0.25) is 0 Å². The highest BCUT2D eigenvalue weighted by molar-refractivity contribution is 6.30. The smallest absolute Gasteiger partial charge is 0.226 e. The third-order valence-corrected chi connectivity index (χ3v) is 4.39. The number of rotatable bonds is 2. The Balaban J connectivity index is 1.90. The Morgan fingerprint density at radius 2 is 1.95 bits per heavy atom. The molecule has 2 heterocycles. The zero-order valence-electron chi connectivity index (χ0n) is 11.8. The normalized spacial score (nSPS) is 18.3. The van der Waals surface area contributed by atoms with Crippen LogP contribution in [-0.4, -0.2) is 30.0 Å². The Bertz CT molecular complexity index is 664. The predicted molar refractivity (Wildman–Crippen MR) is 81.0 cm³/mol. The number of hydrogen-bond donors (Lipinski definition) is 0. The van der Waals surface area contributed by atoms with Crippen molar-refractivity contribution in [2.75, 3.05) is 20.1 Å². The van der Waals surface area contributed by atoms with E-state index in [1.807, 2.05) is 12.1 Å². The number of halogens is 1. The number of hydrogen-bond acceptors (Lipinski definition) is 4. The molecule has 0 spiro atoms. The fourth-order valence-electron chi connectivity index (χ4n) is 2.64. The van der Waals surface area contributed by atoms with Crippen molar-refractivity contribution >= 4 is 11.6 Å². The molecule has 21 heavy (non-hydrogen) atoms. The Morgan fingerprint density at radius 1 is 1.29 bits per heavy atom. The van der Waals surface area contributed by atoms with Crippen molar-refractivity contribution in [1.82, 2.24) is 9.88 Å². The van der Waals surface area contributed by atoms with E-state index in [1.165, 1.54) is 0 Å². The van der Waals surface area contributed by atoms with Crippen LogP contribution in [-0.2, 0) is 5.41 Å². The molecule has 1 aromatic carbocycles. The molecule has 0 unspecified atom stereocenters. The van der Waals surface area contributed by atoms with E-state index in [9.17, 15) is 5.26 Å². The first-order valence-corrected chi connectivity index (χ1v) is 7.32. The lowest BCUT2D eigenvalue weighted by Gasteiger charge is -2.33. The summed E-state index contributed by atoms with van der Waals surface area (Å²) in [5.41, 5.74) is 1.08. The van der Waals surface area contributed by atoms with Gasteiger partial charge < -0.3 is 9.32 Å². The first-order chi connectivity index (χ1) is 10.1. The highest BCUT2D eigenvalue weighted by Gasteiger charge is 2.38. The molecule has 1 fully saturated rings. The summed E-state index contributed by atoms with van der Waals surface area (Å²) < 4.78 is 5.58. The molecule has 4 nitrogen and oxygen atoms in total. The van der Waals surface area contributed by atoms with Gasteiger partial charge in [-0.25, -0.2) is 4.98 Å². The topological polar surface area (TPSA) is 53.1 Å². The van der Waals surface area contributed by atoms with Crippen molar-refractivity contribution in [2.45, 2.75) is 18.3 Å². The van der Waals surface area contributed by atoms with Crippen LogP contribution in [0.3, 0.4) is 0 Å². The Kier molecular flexibility index (Phi) is 3.71. The highest BCUT2D eigenvalue weighted by Crippen LogP contribution is 2.35. The molecule has 1 aromatic heterocycles. The molecule has 5 heteroatoms. The van der Waals surface area contributed by atoms with E-state index in [4.69, 9.17) is 16.0 Å². The number of nitrogens with zero attached hydrogens (tertiary/aromatic N) is 3. The van der Waals surface area contributed by atoms with Crippen molar-refractivity contribution in [1.29, 1.82) is 5.26 Å². The van der Waals surface area contributed by atoms with Gasteiger partial charge in [-0.2, -0.15) is 5.26 Å². The summed E-state index contributed by atoms with van der Waals surface area (Å²) in [6, 6.07) is 9.80. The van der Waals surface area contributed by atoms with Crippen LogP contribution in [0, 0.1) is 11.3 Å². The Morgan fingerprint density at radius 3 is 2.57 bits per heavy atom. The summed E-state index contributed by atoms with van der Waals surface area (Å²) in [4.78, 5) is 6.78. The van der Waals surface area contributed by atoms with Gasteiger partial charge in [0.2, 0.25) is 5.89 Å². The van der Waals surface area contributed by atoms with Gasteiger partial charge in [0.05, 0.1) is 11.8 Å². The minimum Gasteiger partial charge on any atom is -0.444 e. The van der Waals surface area contributed by atoms with Gasteiger partial charge >= 0.3 is 0 Å². The van der Waals surface area contributed by atoms with Crippen LogP contribution in [0.15, 0.2) is 34.9 Å². The maximum Gasteiger partial charge on any atom is 0.226 e. The van der Waals surface area contributed by atoms with Gasteiger partial charge in [-0.05, 0) is 57.2 Å². The van der Waals surface area contributed by atoms with Gasteiger partial charge in [0.15, 0.2) is 0 Å². The highest BCUT2D eigenvalue weighted by atomic mass is 35.5. The van der Waals surface area contributed by atoms with Gasteiger partial charge in [0.25, 0.3) is 0 Å². The van der Waals surface area contributed by atoms with Crippen molar-refractivity contribution in [3.63, 3.8) is 0 Å². The second kappa shape index (κ2) is 5.51.